The number of anilines is 1. The van der Waals surface area contributed by atoms with E-state index in [1.54, 1.807) is 23.2 Å². The summed E-state index contributed by atoms with van der Waals surface area (Å²) in [6.07, 6.45) is 2.87. The predicted molar refractivity (Wildman–Crippen MR) is 156 cm³/mol. The lowest BCUT2D eigenvalue weighted by Crippen LogP contribution is -2.58. The molecule has 0 radical (unpaired) electrons. The average Bonchev–Trinajstić information content (AvgIpc) is 2.96. The lowest BCUT2D eigenvalue weighted by molar-refractivity contribution is -0.128. The molecule has 5 rings (SSSR count). The van der Waals surface area contributed by atoms with Crippen molar-refractivity contribution in [3.63, 3.8) is 0 Å². The minimum atomic E-state index is -0.966. The van der Waals surface area contributed by atoms with Gasteiger partial charge in [0.15, 0.2) is 5.82 Å². The highest BCUT2D eigenvalue weighted by Crippen LogP contribution is 2.43. The molecule has 218 valence electrons. The summed E-state index contributed by atoms with van der Waals surface area (Å²) in [5.74, 6) is -2.21. The number of hydrogen-bond donors (Lipinski definition) is 1. The summed E-state index contributed by atoms with van der Waals surface area (Å²) < 4.78 is 38.4. The van der Waals surface area contributed by atoms with Crippen LogP contribution < -0.4 is 15.2 Å². The van der Waals surface area contributed by atoms with Crippen molar-refractivity contribution in [2.75, 3.05) is 24.6 Å². The Morgan fingerprint density at radius 2 is 1.93 bits per heavy atom. The molecule has 1 aliphatic heterocycles. The fraction of sp³-hybridized carbons (Fsp3) is 0.267. The van der Waals surface area contributed by atoms with Gasteiger partial charge in [0.25, 0.3) is 5.56 Å². The van der Waals surface area contributed by atoms with Crippen molar-refractivity contribution in [3.05, 3.63) is 88.3 Å². The van der Waals surface area contributed by atoms with Gasteiger partial charge in [-0.2, -0.15) is 9.97 Å². The van der Waals surface area contributed by atoms with Gasteiger partial charge in [-0.25, -0.2) is 8.78 Å². The Hall–Kier alpha value is -4.51. The normalized spacial score (nSPS) is 17.0. The molecule has 9 nitrogen and oxygen atoms in total. The zero-order valence-electron chi connectivity index (χ0n) is 22.9. The Bertz CT molecular complexity index is 1730. The SMILES string of the molecule is C=CC(=O)N1C[C@H](C)N(c2nc(OCCn3ccccc3=O)nc3c(F)c(-c4c(O)cccc4F)c(Cl)cc23)C[C@H]1C. The van der Waals surface area contributed by atoms with Crippen LogP contribution in [-0.2, 0) is 11.3 Å². The molecule has 0 saturated carbocycles. The molecule has 4 aromatic rings. The van der Waals surface area contributed by atoms with E-state index >= 15 is 4.39 Å². The number of piperazine rings is 1. The number of carbonyl (C=O) groups is 1. The molecule has 2 atom stereocenters. The van der Waals surface area contributed by atoms with Gasteiger partial charge >= 0.3 is 6.01 Å². The summed E-state index contributed by atoms with van der Waals surface area (Å²) in [5.41, 5.74) is -1.16. The molecule has 1 amide bonds. The van der Waals surface area contributed by atoms with Crippen LogP contribution in [0.4, 0.5) is 14.6 Å². The van der Waals surface area contributed by atoms with Gasteiger partial charge in [0.1, 0.15) is 29.5 Å². The van der Waals surface area contributed by atoms with E-state index < -0.39 is 22.9 Å². The quantitative estimate of drug-likeness (QED) is 0.307. The first-order chi connectivity index (χ1) is 20.1. The molecule has 0 bridgehead atoms. The maximum Gasteiger partial charge on any atom is 0.319 e. The van der Waals surface area contributed by atoms with Crippen molar-refractivity contribution < 1.29 is 23.4 Å². The number of amides is 1. The topological polar surface area (TPSA) is 101 Å². The van der Waals surface area contributed by atoms with Crippen LogP contribution in [0.25, 0.3) is 22.0 Å². The number of carbonyl (C=O) groups excluding carboxylic acids is 1. The molecule has 0 aliphatic carbocycles. The molecular formula is C30H28ClF2N5O4. The molecule has 3 heterocycles. The zero-order valence-corrected chi connectivity index (χ0v) is 23.7. The zero-order chi connectivity index (χ0) is 30.1. The number of aromatic nitrogens is 3. The summed E-state index contributed by atoms with van der Waals surface area (Å²) in [7, 11) is 0. The number of ether oxygens (including phenoxy) is 1. The Balaban J connectivity index is 1.63. The lowest BCUT2D eigenvalue weighted by atomic mass is 10.0. The van der Waals surface area contributed by atoms with Crippen molar-refractivity contribution in [3.8, 4) is 22.9 Å². The fourth-order valence-corrected chi connectivity index (χ4v) is 5.45. The molecule has 0 unspecified atom stereocenters. The molecular weight excluding hydrogens is 568 g/mol. The van der Waals surface area contributed by atoms with Gasteiger partial charge in [-0.15, -0.1) is 0 Å². The number of phenolic OH excluding ortho intramolecular Hbond substituents is 1. The third kappa shape index (κ3) is 5.39. The number of benzene rings is 2. The number of phenols is 1. The van der Waals surface area contributed by atoms with Crippen molar-refractivity contribution >= 4 is 34.2 Å². The number of hydrogen-bond acceptors (Lipinski definition) is 7. The first-order valence-corrected chi connectivity index (χ1v) is 13.6. The molecule has 12 heteroatoms. The van der Waals surface area contributed by atoms with E-state index in [-0.39, 0.29) is 64.2 Å². The molecule has 2 aromatic carbocycles. The van der Waals surface area contributed by atoms with Crippen LogP contribution in [0.2, 0.25) is 5.02 Å². The van der Waals surface area contributed by atoms with E-state index in [0.717, 1.165) is 6.07 Å². The summed E-state index contributed by atoms with van der Waals surface area (Å²) in [6.45, 7) is 8.24. The maximum absolute atomic E-state index is 16.3. The largest absolute Gasteiger partial charge is 0.507 e. The van der Waals surface area contributed by atoms with E-state index in [1.165, 1.54) is 34.9 Å². The summed E-state index contributed by atoms with van der Waals surface area (Å²) in [6, 6.07) is 9.15. The summed E-state index contributed by atoms with van der Waals surface area (Å²) in [4.78, 5) is 37.0. The maximum atomic E-state index is 16.3. The molecule has 1 fully saturated rings. The first kappa shape index (κ1) is 29.0. The number of aromatic hydroxyl groups is 1. The average molecular weight is 596 g/mol. The highest BCUT2D eigenvalue weighted by molar-refractivity contribution is 6.34. The summed E-state index contributed by atoms with van der Waals surface area (Å²) >= 11 is 6.53. The second-order valence-electron chi connectivity index (χ2n) is 10.0. The highest BCUT2D eigenvalue weighted by atomic mass is 35.5. The van der Waals surface area contributed by atoms with E-state index in [2.05, 4.69) is 16.5 Å². The van der Waals surface area contributed by atoms with Crippen LogP contribution in [-0.4, -0.2) is 62.2 Å². The van der Waals surface area contributed by atoms with Crippen LogP contribution >= 0.6 is 11.6 Å². The van der Waals surface area contributed by atoms with Crippen LogP contribution in [0, 0.1) is 11.6 Å². The van der Waals surface area contributed by atoms with Crippen molar-refractivity contribution in [1.29, 1.82) is 0 Å². The van der Waals surface area contributed by atoms with Crippen LogP contribution in [0.3, 0.4) is 0 Å². The number of rotatable bonds is 7. The standard InChI is InChI=1S/C30H28ClF2N5O4/c1-4-23(40)37-15-18(3)38(16-17(37)2)29-19-14-20(31)25(26-21(32)8-7-9-22(26)39)27(33)28(19)34-30(35-29)42-13-12-36-11-6-5-10-24(36)41/h4-11,14,17-18,39H,1,12-13,15-16H2,2-3H3/t17-,18+/m1/s1. The fourth-order valence-electron chi connectivity index (χ4n) is 5.16. The van der Waals surface area contributed by atoms with Crippen molar-refractivity contribution in [2.45, 2.75) is 32.5 Å². The third-order valence-electron chi connectivity index (χ3n) is 7.26. The van der Waals surface area contributed by atoms with E-state index in [1.807, 2.05) is 18.7 Å². The number of fused-ring (bicyclic) bond motifs is 1. The summed E-state index contributed by atoms with van der Waals surface area (Å²) in [5, 5.41) is 10.5. The van der Waals surface area contributed by atoms with Gasteiger partial charge in [-0.1, -0.05) is 30.3 Å². The van der Waals surface area contributed by atoms with E-state index in [9.17, 15) is 19.1 Å². The minimum absolute atomic E-state index is 0.00138. The molecule has 0 spiro atoms. The van der Waals surface area contributed by atoms with E-state index in [0.29, 0.717) is 18.9 Å². The lowest BCUT2D eigenvalue weighted by Gasteiger charge is -2.44. The molecule has 1 saturated heterocycles. The second kappa shape index (κ2) is 11.8. The van der Waals surface area contributed by atoms with Gasteiger partial charge < -0.3 is 24.2 Å². The molecule has 42 heavy (non-hydrogen) atoms. The minimum Gasteiger partial charge on any atom is -0.507 e. The van der Waals surface area contributed by atoms with Crippen LogP contribution in [0.5, 0.6) is 11.8 Å². The third-order valence-corrected chi connectivity index (χ3v) is 7.56. The van der Waals surface area contributed by atoms with Gasteiger partial charge in [-0.3, -0.25) is 9.59 Å². The first-order valence-electron chi connectivity index (χ1n) is 13.3. The number of pyridine rings is 1. The number of halogens is 3. The van der Waals surface area contributed by atoms with Crippen molar-refractivity contribution in [2.24, 2.45) is 0 Å². The Labute approximate surface area is 245 Å². The predicted octanol–water partition coefficient (Wildman–Crippen LogP) is 4.79. The molecule has 1 aliphatic rings. The highest BCUT2D eigenvalue weighted by Gasteiger charge is 2.34. The number of nitrogens with zero attached hydrogens (tertiary/aromatic N) is 5. The monoisotopic (exact) mass is 595 g/mol. The second-order valence-corrected chi connectivity index (χ2v) is 10.4. The Morgan fingerprint density at radius 3 is 2.64 bits per heavy atom. The smallest absolute Gasteiger partial charge is 0.319 e. The molecule has 1 N–H and O–H groups in total. The molecule has 2 aromatic heterocycles. The van der Waals surface area contributed by atoms with Gasteiger partial charge in [0.05, 0.1) is 17.1 Å². The van der Waals surface area contributed by atoms with Gasteiger partial charge in [0.2, 0.25) is 5.91 Å². The van der Waals surface area contributed by atoms with Crippen LogP contribution in [0.15, 0.2) is 66.1 Å². The van der Waals surface area contributed by atoms with Gasteiger partial charge in [0, 0.05) is 48.4 Å². The van der Waals surface area contributed by atoms with Crippen LogP contribution in [0.1, 0.15) is 13.8 Å². The van der Waals surface area contributed by atoms with Gasteiger partial charge in [-0.05, 0) is 44.2 Å². The van der Waals surface area contributed by atoms with E-state index in [4.69, 9.17) is 16.3 Å². The Morgan fingerprint density at radius 1 is 1.14 bits per heavy atom. The van der Waals surface area contributed by atoms with Crippen molar-refractivity contribution in [1.82, 2.24) is 19.4 Å². The Kier molecular flexibility index (Phi) is 8.13.